The van der Waals surface area contributed by atoms with Crippen LogP contribution >= 0.6 is 0 Å². The van der Waals surface area contributed by atoms with E-state index in [9.17, 15) is 12.8 Å². The molecule has 5 nitrogen and oxygen atoms in total. The minimum absolute atomic E-state index is 0.162. The second-order valence-corrected chi connectivity index (χ2v) is 4.76. The summed E-state index contributed by atoms with van der Waals surface area (Å²) < 4.78 is 40.5. The maximum atomic E-state index is 13.6. The lowest BCUT2D eigenvalue weighted by Gasteiger charge is -2.08. The van der Waals surface area contributed by atoms with Crippen molar-refractivity contribution in [3.63, 3.8) is 0 Å². The van der Waals surface area contributed by atoms with Gasteiger partial charge in [0.15, 0.2) is 0 Å². The first-order chi connectivity index (χ1) is 8.48. The molecule has 0 fully saturated rings. The number of benzene rings is 1. The zero-order chi connectivity index (χ0) is 13.6. The Balaban J connectivity index is 2.93. The van der Waals surface area contributed by atoms with Crippen molar-refractivity contribution in [2.45, 2.75) is 6.92 Å². The fourth-order valence-corrected chi connectivity index (χ4v) is 2.10. The number of rotatable bonds is 4. The van der Waals surface area contributed by atoms with Gasteiger partial charge in [0, 0.05) is 12.1 Å². The monoisotopic (exact) mass is 272 g/mol. The Morgan fingerprint density at radius 3 is 2.72 bits per heavy atom. The van der Waals surface area contributed by atoms with Crippen LogP contribution < -0.4 is 9.44 Å². The number of hydrogen-bond donors (Lipinski definition) is 3. The second-order valence-electron chi connectivity index (χ2n) is 3.26. The summed E-state index contributed by atoms with van der Waals surface area (Å²) in [4.78, 5) is 0. The Kier molecular flexibility index (Phi) is 5.09. The van der Waals surface area contributed by atoms with Crippen LogP contribution in [0.3, 0.4) is 0 Å². The van der Waals surface area contributed by atoms with E-state index < -0.39 is 16.0 Å². The van der Waals surface area contributed by atoms with Crippen LogP contribution in [0.1, 0.15) is 12.5 Å². The highest BCUT2D eigenvalue weighted by Crippen LogP contribution is 2.16. The highest BCUT2D eigenvalue weighted by molar-refractivity contribution is 7.90. The molecule has 0 saturated heterocycles. The highest BCUT2D eigenvalue weighted by atomic mass is 32.2. The van der Waals surface area contributed by atoms with Crippen LogP contribution in [-0.2, 0) is 10.2 Å². The maximum absolute atomic E-state index is 13.6. The first-order valence-corrected chi connectivity index (χ1v) is 6.63. The Bertz CT molecular complexity index is 576. The largest absolute Gasteiger partial charge is 0.384 e. The third kappa shape index (κ3) is 4.33. The van der Waals surface area contributed by atoms with Crippen molar-refractivity contribution in [2.24, 2.45) is 0 Å². The van der Waals surface area contributed by atoms with Gasteiger partial charge >= 0.3 is 0 Å². The lowest BCUT2D eigenvalue weighted by molar-refractivity contribution is 0.350. The number of aliphatic hydroxyl groups excluding tert-OH is 1. The van der Waals surface area contributed by atoms with Gasteiger partial charge in [0.05, 0.1) is 5.69 Å². The molecule has 0 aliphatic heterocycles. The molecule has 0 aliphatic carbocycles. The molecule has 0 radical (unpaired) electrons. The lowest BCUT2D eigenvalue weighted by atomic mass is 10.2. The molecule has 1 rings (SSSR count). The van der Waals surface area contributed by atoms with Gasteiger partial charge in [0.1, 0.15) is 12.4 Å². The Morgan fingerprint density at radius 2 is 2.17 bits per heavy atom. The molecular weight excluding hydrogens is 259 g/mol. The molecule has 98 valence electrons. The van der Waals surface area contributed by atoms with Gasteiger partial charge in [-0.25, -0.2) is 4.39 Å². The Labute approximate surface area is 105 Å². The SMILES string of the molecule is CCNS(=O)(=O)Nc1ccc(C#CCO)cc1F. The number of nitrogens with one attached hydrogen (secondary N) is 2. The summed E-state index contributed by atoms with van der Waals surface area (Å²) >= 11 is 0. The zero-order valence-corrected chi connectivity index (χ0v) is 10.5. The summed E-state index contributed by atoms with van der Waals surface area (Å²) in [6.07, 6.45) is 0. The molecule has 1 aromatic carbocycles. The standard InChI is InChI=1S/C11H13FN2O3S/c1-2-13-18(16,17)14-11-6-5-9(4-3-7-15)8-10(11)12/h5-6,8,13-15H,2,7H2,1H3. The summed E-state index contributed by atoms with van der Waals surface area (Å²) in [7, 11) is -3.75. The third-order valence-electron chi connectivity index (χ3n) is 1.86. The van der Waals surface area contributed by atoms with E-state index in [1.807, 2.05) is 0 Å². The van der Waals surface area contributed by atoms with Gasteiger partial charge < -0.3 is 5.11 Å². The lowest BCUT2D eigenvalue weighted by Crippen LogP contribution is -2.30. The van der Waals surface area contributed by atoms with E-state index in [-0.39, 0.29) is 18.8 Å². The van der Waals surface area contributed by atoms with Crippen LogP contribution in [0, 0.1) is 17.7 Å². The molecule has 3 N–H and O–H groups in total. The molecular formula is C11H13FN2O3S. The molecule has 7 heteroatoms. The van der Waals surface area contributed by atoms with Gasteiger partial charge in [-0.05, 0) is 18.2 Å². The van der Waals surface area contributed by atoms with Gasteiger partial charge in [-0.15, -0.1) is 0 Å². The molecule has 0 aromatic heterocycles. The van der Waals surface area contributed by atoms with E-state index in [4.69, 9.17) is 5.11 Å². The van der Waals surface area contributed by atoms with Crippen molar-refractivity contribution < 1.29 is 17.9 Å². The Hall–Kier alpha value is -1.62. The smallest absolute Gasteiger partial charge is 0.299 e. The average molecular weight is 272 g/mol. The summed E-state index contributed by atoms with van der Waals surface area (Å²) in [5, 5.41) is 8.50. The van der Waals surface area contributed by atoms with Crippen LogP contribution in [-0.4, -0.2) is 26.7 Å². The van der Waals surface area contributed by atoms with Crippen LogP contribution in [0.25, 0.3) is 0 Å². The summed E-state index contributed by atoms with van der Waals surface area (Å²) in [6.45, 7) is 1.50. The predicted octanol–water partition coefficient (Wildman–Crippen LogP) is 0.436. The first kappa shape index (κ1) is 14.4. The number of anilines is 1. The number of aliphatic hydroxyl groups is 1. The van der Waals surface area contributed by atoms with E-state index in [0.717, 1.165) is 6.07 Å². The molecule has 1 aromatic rings. The first-order valence-electron chi connectivity index (χ1n) is 5.15. The van der Waals surface area contributed by atoms with Crippen molar-refractivity contribution in [3.05, 3.63) is 29.6 Å². The fourth-order valence-electron chi connectivity index (χ4n) is 1.19. The molecule has 0 bridgehead atoms. The molecule has 0 unspecified atom stereocenters. The summed E-state index contributed by atoms with van der Waals surface area (Å²) in [5.41, 5.74) is 0.193. The van der Waals surface area contributed by atoms with E-state index in [0.29, 0.717) is 5.56 Å². The molecule has 0 spiro atoms. The van der Waals surface area contributed by atoms with E-state index in [1.165, 1.54) is 12.1 Å². The zero-order valence-electron chi connectivity index (χ0n) is 9.70. The molecule has 0 aliphatic rings. The van der Waals surface area contributed by atoms with Gasteiger partial charge in [0.25, 0.3) is 10.2 Å². The van der Waals surface area contributed by atoms with Crippen LogP contribution in [0.5, 0.6) is 0 Å². The molecule has 0 heterocycles. The second kappa shape index (κ2) is 6.35. The topological polar surface area (TPSA) is 78.4 Å². The fraction of sp³-hybridized carbons (Fsp3) is 0.273. The van der Waals surface area contributed by atoms with E-state index in [2.05, 4.69) is 21.3 Å². The summed E-state index contributed by atoms with van der Waals surface area (Å²) in [6, 6.07) is 3.81. The van der Waals surface area contributed by atoms with Crippen LogP contribution in [0.2, 0.25) is 0 Å². The minimum atomic E-state index is -3.75. The van der Waals surface area contributed by atoms with Gasteiger partial charge in [-0.1, -0.05) is 18.8 Å². The maximum Gasteiger partial charge on any atom is 0.299 e. The van der Waals surface area contributed by atoms with Crippen molar-refractivity contribution in [1.29, 1.82) is 0 Å². The average Bonchev–Trinajstić information content (AvgIpc) is 2.29. The van der Waals surface area contributed by atoms with Crippen molar-refractivity contribution in [2.75, 3.05) is 17.9 Å². The number of halogens is 1. The predicted molar refractivity (Wildman–Crippen MR) is 66.6 cm³/mol. The van der Waals surface area contributed by atoms with E-state index in [1.54, 1.807) is 6.92 Å². The van der Waals surface area contributed by atoms with Crippen molar-refractivity contribution >= 4 is 15.9 Å². The Morgan fingerprint density at radius 1 is 1.44 bits per heavy atom. The van der Waals surface area contributed by atoms with Crippen molar-refractivity contribution in [3.8, 4) is 11.8 Å². The number of hydrogen-bond acceptors (Lipinski definition) is 3. The summed E-state index contributed by atoms with van der Waals surface area (Å²) in [5.74, 6) is 4.15. The van der Waals surface area contributed by atoms with Crippen molar-refractivity contribution in [1.82, 2.24) is 4.72 Å². The quantitative estimate of drug-likeness (QED) is 0.696. The van der Waals surface area contributed by atoms with Gasteiger partial charge in [-0.2, -0.15) is 13.1 Å². The normalized spacial score (nSPS) is 10.6. The minimum Gasteiger partial charge on any atom is -0.384 e. The third-order valence-corrected chi connectivity index (χ3v) is 3.02. The molecule has 18 heavy (non-hydrogen) atoms. The van der Waals surface area contributed by atoms with Gasteiger partial charge in [-0.3, -0.25) is 4.72 Å². The molecule has 0 saturated carbocycles. The molecule has 0 atom stereocenters. The molecule has 0 amide bonds. The highest BCUT2D eigenvalue weighted by Gasteiger charge is 2.11. The van der Waals surface area contributed by atoms with E-state index >= 15 is 0 Å². The van der Waals surface area contributed by atoms with Crippen LogP contribution in [0.15, 0.2) is 18.2 Å². The van der Waals surface area contributed by atoms with Gasteiger partial charge in [0.2, 0.25) is 0 Å². The van der Waals surface area contributed by atoms with Crippen LogP contribution in [0.4, 0.5) is 10.1 Å².